The highest BCUT2D eigenvalue weighted by atomic mass is 32.2. The van der Waals surface area contributed by atoms with Crippen molar-refractivity contribution in [1.29, 1.82) is 0 Å². The fourth-order valence-corrected chi connectivity index (χ4v) is 3.70. The minimum absolute atomic E-state index is 0.0758. The summed E-state index contributed by atoms with van der Waals surface area (Å²) in [5, 5.41) is 5.42. The first kappa shape index (κ1) is 19.2. The van der Waals surface area contributed by atoms with Gasteiger partial charge in [-0.05, 0) is 30.5 Å². The highest BCUT2D eigenvalue weighted by Gasteiger charge is 2.21. The Bertz CT molecular complexity index is 976. The molecule has 140 valence electrons. The van der Waals surface area contributed by atoms with E-state index in [9.17, 15) is 18.4 Å². The van der Waals surface area contributed by atoms with Crippen LogP contribution in [-0.2, 0) is 14.3 Å². The monoisotopic (exact) mass is 409 g/mol. The number of carbonyl (C=O) groups excluding carboxylic acids is 2. The molecule has 2 heterocycles. The van der Waals surface area contributed by atoms with Crippen LogP contribution >= 0.6 is 23.1 Å². The van der Waals surface area contributed by atoms with Gasteiger partial charge in [0, 0.05) is 5.39 Å². The maximum absolute atomic E-state index is 13.6. The van der Waals surface area contributed by atoms with Crippen LogP contribution in [0.25, 0.3) is 10.2 Å². The lowest BCUT2D eigenvalue weighted by Crippen LogP contribution is -2.31. The molecular weight excluding hydrogens is 396 g/mol. The first-order valence-electron chi connectivity index (χ1n) is 7.71. The number of ether oxygens (including phenoxy) is 1. The van der Waals surface area contributed by atoms with E-state index >= 15 is 0 Å². The topological polar surface area (TPSA) is 81.2 Å². The van der Waals surface area contributed by atoms with Crippen molar-refractivity contribution in [2.75, 3.05) is 11.1 Å². The van der Waals surface area contributed by atoms with E-state index in [2.05, 4.69) is 15.3 Å². The molecule has 0 aliphatic heterocycles. The van der Waals surface area contributed by atoms with Crippen molar-refractivity contribution in [2.24, 2.45) is 0 Å². The van der Waals surface area contributed by atoms with E-state index in [-0.39, 0.29) is 5.75 Å². The molecule has 0 unspecified atom stereocenters. The summed E-state index contributed by atoms with van der Waals surface area (Å²) in [6.45, 7) is 1.32. The lowest BCUT2D eigenvalue weighted by atomic mass is 10.2. The summed E-state index contributed by atoms with van der Waals surface area (Å²) in [5.41, 5.74) is -0.583. The molecule has 3 aromatic rings. The molecule has 1 aromatic carbocycles. The number of hydrogen-bond donors (Lipinski definition) is 1. The van der Waals surface area contributed by atoms with Gasteiger partial charge in [0.05, 0.1) is 5.75 Å². The summed E-state index contributed by atoms with van der Waals surface area (Å²) in [6, 6.07) is 5.06. The zero-order valence-electron chi connectivity index (χ0n) is 13.9. The van der Waals surface area contributed by atoms with Gasteiger partial charge in [0.1, 0.15) is 33.5 Å². The molecular formula is C17H13F2N3O3S2. The highest BCUT2D eigenvalue weighted by Crippen LogP contribution is 2.27. The number of thiophene rings is 1. The quantitative estimate of drug-likeness (QED) is 0.380. The number of nitrogens with zero attached hydrogens (tertiary/aromatic N) is 2. The largest absolute Gasteiger partial charge is 0.452 e. The molecule has 0 saturated heterocycles. The van der Waals surface area contributed by atoms with E-state index in [1.165, 1.54) is 30.7 Å². The molecule has 0 spiro atoms. The summed E-state index contributed by atoms with van der Waals surface area (Å²) in [7, 11) is 0. The number of amides is 1. The Morgan fingerprint density at radius 1 is 1.26 bits per heavy atom. The lowest BCUT2D eigenvalue weighted by Gasteiger charge is -2.14. The van der Waals surface area contributed by atoms with Crippen LogP contribution in [0.4, 0.5) is 14.5 Å². The molecule has 1 amide bonds. The van der Waals surface area contributed by atoms with Crippen molar-refractivity contribution in [1.82, 2.24) is 9.97 Å². The van der Waals surface area contributed by atoms with E-state index in [1.807, 2.05) is 11.4 Å². The lowest BCUT2D eigenvalue weighted by molar-refractivity contribution is -0.150. The molecule has 0 saturated carbocycles. The highest BCUT2D eigenvalue weighted by molar-refractivity contribution is 8.00. The fourth-order valence-electron chi connectivity index (χ4n) is 2.14. The van der Waals surface area contributed by atoms with E-state index in [0.717, 1.165) is 34.1 Å². The summed E-state index contributed by atoms with van der Waals surface area (Å²) < 4.78 is 32.2. The molecule has 0 bridgehead atoms. The van der Waals surface area contributed by atoms with Crippen LogP contribution in [0.15, 0.2) is 41.0 Å². The molecule has 2 aromatic heterocycles. The number of fused-ring (bicyclic) bond motifs is 1. The molecule has 0 aliphatic rings. The van der Waals surface area contributed by atoms with Gasteiger partial charge in [0.25, 0.3) is 5.91 Å². The predicted octanol–water partition coefficient (Wildman–Crippen LogP) is 3.63. The minimum Gasteiger partial charge on any atom is -0.452 e. The average Bonchev–Trinajstić information content (AvgIpc) is 3.12. The molecule has 1 atom stereocenters. The summed E-state index contributed by atoms with van der Waals surface area (Å²) in [4.78, 5) is 33.1. The van der Waals surface area contributed by atoms with Gasteiger partial charge >= 0.3 is 5.97 Å². The number of thioether (sulfide) groups is 1. The van der Waals surface area contributed by atoms with Crippen LogP contribution < -0.4 is 5.32 Å². The predicted molar refractivity (Wildman–Crippen MR) is 98.7 cm³/mol. The number of benzene rings is 1. The van der Waals surface area contributed by atoms with E-state index in [0.29, 0.717) is 5.03 Å². The Kier molecular flexibility index (Phi) is 5.97. The maximum Gasteiger partial charge on any atom is 0.317 e. The van der Waals surface area contributed by atoms with Crippen molar-refractivity contribution >= 4 is 50.9 Å². The van der Waals surface area contributed by atoms with Gasteiger partial charge in [0.15, 0.2) is 6.10 Å². The van der Waals surface area contributed by atoms with Crippen LogP contribution in [0.1, 0.15) is 6.92 Å². The third-order valence-electron chi connectivity index (χ3n) is 3.44. The zero-order valence-corrected chi connectivity index (χ0v) is 15.6. The maximum atomic E-state index is 13.6. The third kappa shape index (κ3) is 4.58. The van der Waals surface area contributed by atoms with Gasteiger partial charge < -0.3 is 10.1 Å². The Hall–Kier alpha value is -2.59. The molecule has 27 heavy (non-hydrogen) atoms. The Balaban J connectivity index is 1.55. The normalized spacial score (nSPS) is 12.0. The van der Waals surface area contributed by atoms with Gasteiger partial charge in [-0.15, -0.1) is 11.3 Å². The SMILES string of the molecule is C[C@@H](OC(=O)CSc1ncnc2sccc12)C(=O)Nc1c(F)cccc1F. The second kappa shape index (κ2) is 8.40. The van der Waals surface area contributed by atoms with Gasteiger partial charge in [-0.25, -0.2) is 18.7 Å². The number of hydrogen-bond acceptors (Lipinski definition) is 7. The first-order valence-corrected chi connectivity index (χ1v) is 9.57. The Morgan fingerprint density at radius 2 is 2.00 bits per heavy atom. The standard InChI is InChI=1S/C17H13F2N3O3S2/c1-9(15(24)22-14-11(18)3-2-4-12(14)19)25-13(23)7-27-17-10-5-6-26-16(10)20-8-21-17/h2-6,8-9H,7H2,1H3,(H,22,24)/t9-/m1/s1. The van der Waals surface area contributed by atoms with Crippen LogP contribution in [0.2, 0.25) is 0 Å². The molecule has 6 nitrogen and oxygen atoms in total. The molecule has 0 fully saturated rings. The second-order valence-corrected chi connectivity index (χ2v) is 7.18. The first-order chi connectivity index (χ1) is 13.0. The van der Waals surface area contributed by atoms with Crippen molar-refractivity contribution in [3.05, 3.63) is 47.6 Å². The average molecular weight is 409 g/mol. The number of esters is 1. The fraction of sp³-hybridized carbons (Fsp3) is 0.176. The van der Waals surface area contributed by atoms with Crippen molar-refractivity contribution in [2.45, 2.75) is 18.1 Å². The zero-order chi connectivity index (χ0) is 19.4. The van der Waals surface area contributed by atoms with Gasteiger partial charge in [0.2, 0.25) is 0 Å². The second-order valence-electron chi connectivity index (χ2n) is 5.32. The third-order valence-corrected chi connectivity index (χ3v) is 5.24. The molecule has 10 heteroatoms. The Morgan fingerprint density at radius 3 is 2.74 bits per heavy atom. The van der Waals surface area contributed by atoms with Crippen LogP contribution in [0, 0.1) is 11.6 Å². The molecule has 0 radical (unpaired) electrons. The van der Waals surface area contributed by atoms with Crippen molar-refractivity contribution in [3.8, 4) is 0 Å². The number of halogens is 2. The van der Waals surface area contributed by atoms with Crippen LogP contribution in [0.5, 0.6) is 0 Å². The number of carbonyl (C=O) groups is 2. The number of rotatable bonds is 6. The molecule has 0 aliphatic carbocycles. The van der Waals surface area contributed by atoms with Gasteiger partial charge in [-0.1, -0.05) is 17.8 Å². The summed E-state index contributed by atoms with van der Waals surface area (Å²) >= 11 is 2.61. The van der Waals surface area contributed by atoms with Crippen molar-refractivity contribution in [3.63, 3.8) is 0 Å². The number of aromatic nitrogens is 2. The molecule has 1 N–H and O–H groups in total. The number of para-hydroxylation sites is 1. The summed E-state index contributed by atoms with van der Waals surface area (Å²) in [5.74, 6) is -3.40. The number of nitrogens with one attached hydrogen (secondary N) is 1. The van der Waals surface area contributed by atoms with Crippen molar-refractivity contribution < 1.29 is 23.1 Å². The van der Waals surface area contributed by atoms with Crippen LogP contribution in [0.3, 0.4) is 0 Å². The summed E-state index contributed by atoms with van der Waals surface area (Å²) in [6.07, 6.45) is 0.189. The van der Waals surface area contributed by atoms with Crippen LogP contribution in [-0.4, -0.2) is 33.7 Å². The molecule has 3 rings (SSSR count). The number of anilines is 1. The van der Waals surface area contributed by atoms with E-state index in [4.69, 9.17) is 4.74 Å². The smallest absolute Gasteiger partial charge is 0.317 e. The van der Waals surface area contributed by atoms with E-state index in [1.54, 1.807) is 0 Å². The Labute approximate surface area is 161 Å². The van der Waals surface area contributed by atoms with Gasteiger partial charge in [-0.2, -0.15) is 0 Å². The minimum atomic E-state index is -1.22. The van der Waals surface area contributed by atoms with E-state index < -0.39 is 35.3 Å². The van der Waals surface area contributed by atoms with Gasteiger partial charge in [-0.3, -0.25) is 9.59 Å².